The Morgan fingerprint density at radius 3 is 2.05 bits per heavy atom. The normalized spacial score (nSPS) is 14.9. The molecule has 3 rings (SSSR count). The highest BCUT2D eigenvalue weighted by molar-refractivity contribution is 5.52. The fraction of sp³-hybridized carbons (Fsp3) is 0.235. The highest BCUT2D eigenvalue weighted by Crippen LogP contribution is 2.24. The summed E-state index contributed by atoms with van der Waals surface area (Å²) in [5.41, 5.74) is 1.17. The van der Waals surface area contributed by atoms with Gasteiger partial charge in [0.05, 0.1) is 0 Å². The third-order valence-electron chi connectivity index (χ3n) is 3.64. The summed E-state index contributed by atoms with van der Waals surface area (Å²) >= 11 is 0. The van der Waals surface area contributed by atoms with Gasteiger partial charge in [0.2, 0.25) is 6.41 Å². The number of piperazine rings is 1. The second kappa shape index (κ2) is 6.31. The zero-order chi connectivity index (χ0) is 14.5. The Balaban J connectivity index is 1.63. The number of ether oxygens (including phenoxy) is 1. The minimum atomic E-state index is 0.783. The van der Waals surface area contributed by atoms with Crippen LogP contribution in [0.4, 0.5) is 5.69 Å². The molecule has 0 atom stereocenters. The van der Waals surface area contributed by atoms with Crippen molar-refractivity contribution in [3.05, 3.63) is 54.6 Å². The van der Waals surface area contributed by atoms with Gasteiger partial charge in [-0.05, 0) is 36.4 Å². The molecule has 1 heterocycles. The lowest BCUT2D eigenvalue weighted by Crippen LogP contribution is -2.45. The van der Waals surface area contributed by atoms with E-state index in [1.165, 1.54) is 5.69 Å². The van der Waals surface area contributed by atoms with E-state index in [1.54, 1.807) is 0 Å². The lowest BCUT2D eigenvalue weighted by atomic mass is 10.2. The van der Waals surface area contributed by atoms with Gasteiger partial charge >= 0.3 is 0 Å². The number of anilines is 1. The van der Waals surface area contributed by atoms with Crippen molar-refractivity contribution in [3.63, 3.8) is 0 Å². The van der Waals surface area contributed by atoms with Crippen molar-refractivity contribution in [3.8, 4) is 11.5 Å². The third kappa shape index (κ3) is 3.34. The van der Waals surface area contributed by atoms with E-state index < -0.39 is 0 Å². The summed E-state index contributed by atoms with van der Waals surface area (Å²) in [6.45, 7) is 3.31. The van der Waals surface area contributed by atoms with Crippen LogP contribution < -0.4 is 9.64 Å². The van der Waals surface area contributed by atoms with Crippen LogP contribution in [0.3, 0.4) is 0 Å². The molecule has 0 unspecified atom stereocenters. The second-order valence-electron chi connectivity index (χ2n) is 5.04. The second-order valence-corrected chi connectivity index (χ2v) is 5.04. The molecule has 4 nitrogen and oxygen atoms in total. The number of benzene rings is 2. The van der Waals surface area contributed by atoms with Gasteiger partial charge in [-0.2, -0.15) is 0 Å². The largest absolute Gasteiger partial charge is 0.457 e. The first-order valence-corrected chi connectivity index (χ1v) is 7.12. The molecule has 0 aromatic heterocycles. The molecule has 0 aliphatic carbocycles. The molecule has 0 bridgehead atoms. The van der Waals surface area contributed by atoms with Gasteiger partial charge in [0.25, 0.3) is 0 Å². The maximum Gasteiger partial charge on any atom is 0.209 e. The van der Waals surface area contributed by atoms with Crippen molar-refractivity contribution >= 4 is 12.1 Å². The van der Waals surface area contributed by atoms with E-state index in [4.69, 9.17) is 4.74 Å². The van der Waals surface area contributed by atoms with Gasteiger partial charge < -0.3 is 14.5 Å². The number of carbonyl (C=O) groups excluding carboxylic acids is 1. The van der Waals surface area contributed by atoms with Crippen LogP contribution in [0.15, 0.2) is 54.6 Å². The van der Waals surface area contributed by atoms with Crippen molar-refractivity contribution in [2.75, 3.05) is 31.1 Å². The van der Waals surface area contributed by atoms with Gasteiger partial charge in [0, 0.05) is 31.9 Å². The molecule has 1 saturated heterocycles. The van der Waals surface area contributed by atoms with E-state index in [0.717, 1.165) is 44.1 Å². The molecule has 2 aromatic carbocycles. The predicted octanol–water partition coefficient (Wildman–Crippen LogP) is 2.76. The van der Waals surface area contributed by atoms with Crippen LogP contribution in [0, 0.1) is 0 Å². The summed E-state index contributed by atoms with van der Waals surface area (Å²) in [4.78, 5) is 14.8. The smallest absolute Gasteiger partial charge is 0.209 e. The van der Waals surface area contributed by atoms with E-state index in [1.807, 2.05) is 47.4 Å². The van der Waals surface area contributed by atoms with Gasteiger partial charge in [0.1, 0.15) is 11.5 Å². The van der Waals surface area contributed by atoms with Gasteiger partial charge in [-0.15, -0.1) is 0 Å². The molecule has 1 amide bonds. The summed E-state index contributed by atoms with van der Waals surface area (Å²) in [6, 6.07) is 17.8. The highest BCUT2D eigenvalue weighted by Gasteiger charge is 2.15. The quantitative estimate of drug-likeness (QED) is 0.808. The summed E-state index contributed by atoms with van der Waals surface area (Å²) in [7, 11) is 0. The van der Waals surface area contributed by atoms with Crippen LogP contribution in [0.1, 0.15) is 0 Å². The monoisotopic (exact) mass is 282 g/mol. The van der Waals surface area contributed by atoms with Gasteiger partial charge in [-0.3, -0.25) is 4.79 Å². The summed E-state index contributed by atoms with van der Waals surface area (Å²) in [5, 5.41) is 0. The lowest BCUT2D eigenvalue weighted by Gasteiger charge is -2.34. The molecule has 1 fully saturated rings. The van der Waals surface area contributed by atoms with Gasteiger partial charge in [-0.25, -0.2) is 0 Å². The maximum absolute atomic E-state index is 10.7. The third-order valence-corrected chi connectivity index (χ3v) is 3.64. The molecule has 0 spiro atoms. The zero-order valence-corrected chi connectivity index (χ0v) is 11.8. The number of amides is 1. The minimum Gasteiger partial charge on any atom is -0.457 e. The van der Waals surface area contributed by atoms with Crippen LogP contribution in [0.5, 0.6) is 11.5 Å². The van der Waals surface area contributed by atoms with E-state index in [-0.39, 0.29) is 0 Å². The van der Waals surface area contributed by atoms with E-state index in [9.17, 15) is 4.79 Å². The van der Waals surface area contributed by atoms with Gasteiger partial charge in [0.15, 0.2) is 0 Å². The molecular weight excluding hydrogens is 264 g/mol. The minimum absolute atomic E-state index is 0.783. The van der Waals surface area contributed by atoms with Crippen LogP contribution in [0.2, 0.25) is 0 Å². The average Bonchev–Trinajstić information content (AvgIpc) is 2.57. The summed E-state index contributed by atoms with van der Waals surface area (Å²) < 4.78 is 5.78. The number of hydrogen-bond acceptors (Lipinski definition) is 3. The SMILES string of the molecule is O=CN1CCN(c2ccc(Oc3ccccc3)cc2)CC1. The van der Waals surface area contributed by atoms with Crippen LogP contribution in [-0.2, 0) is 4.79 Å². The lowest BCUT2D eigenvalue weighted by molar-refractivity contribution is -0.118. The molecule has 0 saturated carbocycles. The maximum atomic E-state index is 10.7. The van der Waals surface area contributed by atoms with Crippen LogP contribution in [0.25, 0.3) is 0 Å². The predicted molar refractivity (Wildman–Crippen MR) is 82.8 cm³/mol. The summed E-state index contributed by atoms with van der Waals surface area (Å²) in [6.07, 6.45) is 0.925. The Kier molecular flexibility index (Phi) is 4.05. The molecule has 108 valence electrons. The number of para-hydroxylation sites is 1. The van der Waals surface area contributed by atoms with Crippen molar-refractivity contribution in [2.24, 2.45) is 0 Å². The number of nitrogens with zero attached hydrogens (tertiary/aromatic N) is 2. The fourth-order valence-corrected chi connectivity index (χ4v) is 2.44. The number of carbonyl (C=O) groups is 1. The highest BCUT2D eigenvalue weighted by atomic mass is 16.5. The Morgan fingerprint density at radius 2 is 1.43 bits per heavy atom. The number of rotatable bonds is 4. The van der Waals surface area contributed by atoms with E-state index >= 15 is 0 Å². The van der Waals surface area contributed by atoms with E-state index in [0.29, 0.717) is 0 Å². The van der Waals surface area contributed by atoms with Crippen molar-refractivity contribution < 1.29 is 9.53 Å². The fourth-order valence-electron chi connectivity index (χ4n) is 2.44. The zero-order valence-electron chi connectivity index (χ0n) is 11.8. The van der Waals surface area contributed by atoms with E-state index in [2.05, 4.69) is 17.0 Å². The van der Waals surface area contributed by atoms with Crippen molar-refractivity contribution in [2.45, 2.75) is 0 Å². The first-order valence-electron chi connectivity index (χ1n) is 7.12. The first kappa shape index (κ1) is 13.5. The Morgan fingerprint density at radius 1 is 0.810 bits per heavy atom. The molecule has 21 heavy (non-hydrogen) atoms. The standard InChI is InChI=1S/C17H18N2O2/c20-14-18-10-12-19(13-11-18)15-6-8-17(9-7-15)21-16-4-2-1-3-5-16/h1-9,14H,10-13H2. The van der Waals surface area contributed by atoms with Gasteiger partial charge in [-0.1, -0.05) is 18.2 Å². The van der Waals surface area contributed by atoms with Crippen LogP contribution in [-0.4, -0.2) is 37.5 Å². The molecule has 4 heteroatoms. The topological polar surface area (TPSA) is 32.8 Å². The molecular formula is C17H18N2O2. The Bertz CT molecular complexity index is 575. The average molecular weight is 282 g/mol. The molecule has 1 aliphatic heterocycles. The van der Waals surface area contributed by atoms with Crippen molar-refractivity contribution in [1.82, 2.24) is 4.90 Å². The van der Waals surface area contributed by atoms with Crippen molar-refractivity contribution in [1.29, 1.82) is 0 Å². The summed E-state index contributed by atoms with van der Waals surface area (Å²) in [5.74, 6) is 1.67. The number of hydrogen-bond donors (Lipinski definition) is 0. The molecule has 0 radical (unpaired) electrons. The first-order chi connectivity index (χ1) is 10.3. The Labute approximate surface area is 124 Å². The van der Waals surface area contributed by atoms with Crippen LogP contribution >= 0.6 is 0 Å². The molecule has 2 aromatic rings. The Hall–Kier alpha value is -2.49. The molecule has 1 aliphatic rings. The molecule has 0 N–H and O–H groups in total.